The van der Waals surface area contributed by atoms with E-state index in [1.165, 1.54) is 12.0 Å². The molecule has 0 amide bonds. The zero-order valence-electron chi connectivity index (χ0n) is 8.01. The van der Waals surface area contributed by atoms with Crippen molar-refractivity contribution in [2.45, 2.75) is 31.7 Å². The van der Waals surface area contributed by atoms with Crippen LogP contribution in [-0.2, 0) is 5.54 Å². The zero-order valence-corrected chi connectivity index (χ0v) is 8.01. The van der Waals surface area contributed by atoms with Crippen LogP contribution in [0, 0.1) is 6.92 Å². The average Bonchev–Trinajstić information content (AvgIpc) is 2.06. The van der Waals surface area contributed by atoms with Crippen molar-refractivity contribution >= 4 is 5.69 Å². The normalized spacial score (nSPS) is 19.5. The van der Waals surface area contributed by atoms with Crippen LogP contribution in [0.15, 0.2) is 18.2 Å². The molecule has 1 aromatic rings. The third kappa shape index (κ3) is 1.31. The van der Waals surface area contributed by atoms with E-state index in [1.54, 1.807) is 0 Å². The van der Waals surface area contributed by atoms with Crippen molar-refractivity contribution in [2.24, 2.45) is 5.73 Å². The molecule has 1 aliphatic rings. The lowest BCUT2D eigenvalue weighted by molar-refractivity contribution is 0.253. The molecule has 0 heterocycles. The molecule has 0 atom stereocenters. The molecule has 0 bridgehead atoms. The van der Waals surface area contributed by atoms with Gasteiger partial charge < -0.3 is 11.5 Å². The third-order valence-corrected chi connectivity index (χ3v) is 3.09. The van der Waals surface area contributed by atoms with Gasteiger partial charge in [-0.25, -0.2) is 0 Å². The molecule has 13 heavy (non-hydrogen) atoms. The summed E-state index contributed by atoms with van der Waals surface area (Å²) >= 11 is 0. The number of hydrogen-bond donors (Lipinski definition) is 2. The second-order valence-corrected chi connectivity index (χ2v) is 4.08. The van der Waals surface area contributed by atoms with Gasteiger partial charge in [0.1, 0.15) is 0 Å². The standard InChI is InChI=1S/C11H16N2/c1-8-7-9(3-4-10(8)12)11(13)5-2-6-11/h3-4,7H,2,5-6,12-13H2,1H3. The molecule has 0 aromatic heterocycles. The van der Waals surface area contributed by atoms with E-state index in [2.05, 4.69) is 12.1 Å². The highest BCUT2D eigenvalue weighted by Gasteiger charge is 2.34. The Bertz CT molecular complexity index is 327. The van der Waals surface area contributed by atoms with Gasteiger partial charge >= 0.3 is 0 Å². The molecule has 0 unspecified atom stereocenters. The Morgan fingerprint density at radius 2 is 2.00 bits per heavy atom. The molecule has 1 aromatic carbocycles. The third-order valence-electron chi connectivity index (χ3n) is 3.09. The number of nitrogen functional groups attached to an aromatic ring is 1. The van der Waals surface area contributed by atoms with Crippen molar-refractivity contribution in [3.05, 3.63) is 29.3 Å². The topological polar surface area (TPSA) is 52.0 Å². The predicted molar refractivity (Wildman–Crippen MR) is 55.3 cm³/mol. The van der Waals surface area contributed by atoms with Gasteiger partial charge in [-0.05, 0) is 43.4 Å². The molecular formula is C11H16N2. The molecule has 1 saturated carbocycles. The van der Waals surface area contributed by atoms with Crippen molar-refractivity contribution in [3.63, 3.8) is 0 Å². The van der Waals surface area contributed by atoms with Gasteiger partial charge in [-0.1, -0.05) is 12.1 Å². The fraction of sp³-hybridized carbons (Fsp3) is 0.455. The van der Waals surface area contributed by atoms with Gasteiger partial charge in [0.05, 0.1) is 0 Å². The lowest BCUT2D eigenvalue weighted by atomic mass is 9.72. The number of rotatable bonds is 1. The molecule has 2 rings (SSSR count). The van der Waals surface area contributed by atoms with Crippen molar-refractivity contribution < 1.29 is 0 Å². The minimum atomic E-state index is -0.0571. The van der Waals surface area contributed by atoms with Gasteiger partial charge in [-0.15, -0.1) is 0 Å². The van der Waals surface area contributed by atoms with Crippen molar-refractivity contribution in [3.8, 4) is 0 Å². The van der Waals surface area contributed by atoms with Crippen LogP contribution in [0.3, 0.4) is 0 Å². The first kappa shape index (κ1) is 8.57. The first-order chi connectivity index (χ1) is 6.12. The largest absolute Gasteiger partial charge is 0.399 e. The lowest BCUT2D eigenvalue weighted by Crippen LogP contribution is -2.43. The molecule has 0 spiro atoms. The minimum Gasteiger partial charge on any atom is -0.399 e. The van der Waals surface area contributed by atoms with Crippen LogP contribution in [0.1, 0.15) is 30.4 Å². The summed E-state index contributed by atoms with van der Waals surface area (Å²) in [6.45, 7) is 2.03. The van der Waals surface area contributed by atoms with Gasteiger partial charge in [-0.3, -0.25) is 0 Å². The zero-order chi connectivity index (χ0) is 9.47. The molecule has 2 nitrogen and oxygen atoms in total. The monoisotopic (exact) mass is 176 g/mol. The molecule has 2 heteroatoms. The lowest BCUT2D eigenvalue weighted by Gasteiger charge is -2.38. The Morgan fingerprint density at radius 1 is 1.31 bits per heavy atom. The van der Waals surface area contributed by atoms with E-state index in [-0.39, 0.29) is 5.54 Å². The summed E-state index contributed by atoms with van der Waals surface area (Å²) in [7, 11) is 0. The van der Waals surface area contributed by atoms with Crippen molar-refractivity contribution in [1.29, 1.82) is 0 Å². The van der Waals surface area contributed by atoms with E-state index in [0.29, 0.717) is 0 Å². The van der Waals surface area contributed by atoms with E-state index in [0.717, 1.165) is 24.1 Å². The maximum absolute atomic E-state index is 6.20. The molecule has 1 aliphatic carbocycles. The van der Waals surface area contributed by atoms with Gasteiger partial charge in [0.2, 0.25) is 0 Å². The van der Waals surface area contributed by atoms with Crippen LogP contribution in [0.5, 0.6) is 0 Å². The summed E-state index contributed by atoms with van der Waals surface area (Å²) in [6, 6.07) is 6.13. The van der Waals surface area contributed by atoms with Gasteiger partial charge in [-0.2, -0.15) is 0 Å². The van der Waals surface area contributed by atoms with E-state index in [1.807, 2.05) is 13.0 Å². The Morgan fingerprint density at radius 3 is 2.46 bits per heavy atom. The first-order valence-electron chi connectivity index (χ1n) is 4.77. The van der Waals surface area contributed by atoms with Crippen LogP contribution in [0.25, 0.3) is 0 Å². The predicted octanol–water partition coefficient (Wildman–Crippen LogP) is 1.92. The second kappa shape index (κ2) is 2.74. The number of nitrogens with two attached hydrogens (primary N) is 2. The summed E-state index contributed by atoms with van der Waals surface area (Å²) in [5.74, 6) is 0. The first-order valence-corrected chi connectivity index (χ1v) is 4.77. The maximum Gasteiger partial charge on any atom is 0.0409 e. The summed E-state index contributed by atoms with van der Waals surface area (Å²) in [4.78, 5) is 0. The van der Waals surface area contributed by atoms with Gasteiger partial charge in [0.15, 0.2) is 0 Å². The van der Waals surface area contributed by atoms with Crippen LogP contribution in [0.2, 0.25) is 0 Å². The average molecular weight is 176 g/mol. The summed E-state index contributed by atoms with van der Waals surface area (Å²) in [5, 5.41) is 0. The maximum atomic E-state index is 6.20. The Hall–Kier alpha value is -1.02. The Labute approximate surface area is 78.9 Å². The number of anilines is 1. The highest BCUT2D eigenvalue weighted by molar-refractivity contribution is 5.49. The van der Waals surface area contributed by atoms with E-state index < -0.39 is 0 Å². The molecule has 70 valence electrons. The van der Waals surface area contributed by atoms with E-state index in [9.17, 15) is 0 Å². The fourth-order valence-corrected chi connectivity index (χ4v) is 1.83. The fourth-order valence-electron chi connectivity index (χ4n) is 1.83. The molecule has 4 N–H and O–H groups in total. The minimum absolute atomic E-state index is 0.0571. The van der Waals surface area contributed by atoms with E-state index >= 15 is 0 Å². The van der Waals surface area contributed by atoms with E-state index in [4.69, 9.17) is 11.5 Å². The number of benzene rings is 1. The van der Waals surface area contributed by atoms with Gasteiger partial charge in [0.25, 0.3) is 0 Å². The summed E-state index contributed by atoms with van der Waals surface area (Å²) < 4.78 is 0. The number of hydrogen-bond acceptors (Lipinski definition) is 2. The SMILES string of the molecule is Cc1cc(C2(N)CCC2)ccc1N. The smallest absolute Gasteiger partial charge is 0.0409 e. The van der Waals surface area contributed by atoms with Crippen molar-refractivity contribution in [1.82, 2.24) is 0 Å². The second-order valence-electron chi connectivity index (χ2n) is 4.08. The van der Waals surface area contributed by atoms with Crippen molar-refractivity contribution in [2.75, 3.05) is 5.73 Å². The molecule has 1 fully saturated rings. The van der Waals surface area contributed by atoms with Crippen LogP contribution in [0.4, 0.5) is 5.69 Å². The highest BCUT2D eigenvalue weighted by atomic mass is 14.8. The summed E-state index contributed by atoms with van der Waals surface area (Å²) in [5.41, 5.74) is 15.1. The summed E-state index contributed by atoms with van der Waals surface area (Å²) in [6.07, 6.45) is 3.46. The molecule has 0 radical (unpaired) electrons. The quantitative estimate of drug-likeness (QED) is 0.642. The molecular weight excluding hydrogens is 160 g/mol. The number of aryl methyl sites for hydroxylation is 1. The Balaban J connectivity index is 2.36. The molecule has 0 saturated heterocycles. The van der Waals surface area contributed by atoms with Crippen LogP contribution in [-0.4, -0.2) is 0 Å². The van der Waals surface area contributed by atoms with Gasteiger partial charge in [0, 0.05) is 11.2 Å². The Kier molecular flexibility index (Phi) is 1.81. The van der Waals surface area contributed by atoms with Crippen LogP contribution < -0.4 is 11.5 Å². The van der Waals surface area contributed by atoms with Crippen LogP contribution >= 0.6 is 0 Å². The molecule has 0 aliphatic heterocycles. The highest BCUT2D eigenvalue weighted by Crippen LogP contribution is 2.39.